The quantitative estimate of drug-likeness (QED) is 0.683. The lowest BCUT2D eigenvalue weighted by Gasteiger charge is -2.22. The Balaban J connectivity index is 3.47. The predicted octanol–water partition coefficient (Wildman–Crippen LogP) is 1.95. The summed E-state index contributed by atoms with van der Waals surface area (Å²) in [5.74, 6) is 0. The van der Waals surface area contributed by atoms with E-state index in [0.717, 1.165) is 0 Å². The molecule has 0 spiro atoms. The second kappa shape index (κ2) is 4.81. The van der Waals surface area contributed by atoms with Gasteiger partial charge in [-0.1, -0.05) is 0 Å². The van der Waals surface area contributed by atoms with Gasteiger partial charge >= 0.3 is 6.18 Å². The monoisotopic (exact) mass is 199 g/mol. The van der Waals surface area contributed by atoms with E-state index in [1.807, 2.05) is 13.8 Å². The molecule has 5 heteroatoms. The van der Waals surface area contributed by atoms with E-state index < -0.39 is 12.7 Å². The molecule has 1 N–H and O–H groups in total. The van der Waals surface area contributed by atoms with Crippen LogP contribution in [0.1, 0.15) is 20.3 Å². The van der Waals surface area contributed by atoms with Crippen molar-refractivity contribution in [3.8, 4) is 0 Å². The maximum Gasteiger partial charge on any atom is 0.401 e. The van der Waals surface area contributed by atoms with Crippen molar-refractivity contribution in [3.63, 3.8) is 0 Å². The third-order valence-corrected chi connectivity index (χ3v) is 1.78. The minimum atomic E-state index is -4.13. The SMILES string of the molecule is COC(C)(C)CCNCC(F)(F)F. The summed E-state index contributed by atoms with van der Waals surface area (Å²) in [6, 6.07) is 0. The van der Waals surface area contributed by atoms with Gasteiger partial charge in [-0.15, -0.1) is 0 Å². The van der Waals surface area contributed by atoms with Crippen LogP contribution in [0.4, 0.5) is 13.2 Å². The average molecular weight is 199 g/mol. The van der Waals surface area contributed by atoms with Crippen molar-refractivity contribution in [2.24, 2.45) is 0 Å². The molecule has 2 nitrogen and oxygen atoms in total. The standard InChI is InChI=1S/C8H16F3NO/c1-7(2,13-3)4-5-12-6-8(9,10)11/h12H,4-6H2,1-3H3. The average Bonchev–Trinajstić information content (AvgIpc) is 1.97. The molecule has 0 amide bonds. The second-order valence-electron chi connectivity index (χ2n) is 3.51. The Morgan fingerprint density at radius 3 is 2.15 bits per heavy atom. The van der Waals surface area contributed by atoms with Crippen molar-refractivity contribution in [2.45, 2.75) is 32.0 Å². The number of alkyl halides is 3. The van der Waals surface area contributed by atoms with Gasteiger partial charge < -0.3 is 10.1 Å². The topological polar surface area (TPSA) is 21.3 Å². The van der Waals surface area contributed by atoms with Crippen LogP contribution >= 0.6 is 0 Å². The van der Waals surface area contributed by atoms with E-state index in [-0.39, 0.29) is 5.60 Å². The summed E-state index contributed by atoms with van der Waals surface area (Å²) < 4.78 is 40.0. The summed E-state index contributed by atoms with van der Waals surface area (Å²) in [5.41, 5.74) is -0.363. The van der Waals surface area contributed by atoms with Crippen LogP contribution in [-0.4, -0.2) is 32.0 Å². The first-order valence-electron chi connectivity index (χ1n) is 4.09. The largest absolute Gasteiger partial charge is 0.401 e. The Hall–Kier alpha value is -0.290. The van der Waals surface area contributed by atoms with Gasteiger partial charge in [-0.3, -0.25) is 0 Å². The molecule has 0 heterocycles. The van der Waals surface area contributed by atoms with Gasteiger partial charge in [0.05, 0.1) is 12.1 Å². The lowest BCUT2D eigenvalue weighted by molar-refractivity contribution is -0.125. The van der Waals surface area contributed by atoms with E-state index >= 15 is 0 Å². The van der Waals surface area contributed by atoms with Crippen LogP contribution in [0.25, 0.3) is 0 Å². The fourth-order valence-corrected chi connectivity index (χ4v) is 0.722. The Labute approximate surface area is 76.5 Å². The lowest BCUT2D eigenvalue weighted by Crippen LogP contribution is -2.34. The summed E-state index contributed by atoms with van der Waals surface area (Å²) in [7, 11) is 1.55. The van der Waals surface area contributed by atoms with Crippen molar-refractivity contribution in [2.75, 3.05) is 20.2 Å². The highest BCUT2D eigenvalue weighted by Crippen LogP contribution is 2.14. The highest BCUT2D eigenvalue weighted by atomic mass is 19.4. The zero-order valence-electron chi connectivity index (χ0n) is 8.16. The number of rotatable bonds is 5. The van der Waals surface area contributed by atoms with Crippen molar-refractivity contribution in [3.05, 3.63) is 0 Å². The summed E-state index contributed by atoms with van der Waals surface area (Å²) in [4.78, 5) is 0. The molecule has 80 valence electrons. The molecule has 0 radical (unpaired) electrons. The van der Waals surface area contributed by atoms with Gasteiger partial charge in [-0.05, 0) is 26.8 Å². The zero-order valence-corrected chi connectivity index (χ0v) is 8.16. The molecule has 0 rings (SSSR count). The molecule has 0 aromatic rings. The molecule has 0 atom stereocenters. The highest BCUT2D eigenvalue weighted by molar-refractivity contribution is 4.69. The van der Waals surface area contributed by atoms with Gasteiger partial charge in [0.15, 0.2) is 0 Å². The maximum absolute atomic E-state index is 11.7. The molecule has 13 heavy (non-hydrogen) atoms. The summed E-state index contributed by atoms with van der Waals surface area (Å²) in [6.45, 7) is 3.04. The summed E-state index contributed by atoms with van der Waals surface area (Å²) in [5, 5.41) is 2.31. The van der Waals surface area contributed by atoms with Gasteiger partial charge in [0, 0.05) is 7.11 Å². The molecule has 0 bridgehead atoms. The first kappa shape index (κ1) is 12.7. The van der Waals surface area contributed by atoms with Crippen molar-refractivity contribution >= 4 is 0 Å². The number of methoxy groups -OCH3 is 1. The number of ether oxygens (including phenoxy) is 1. The van der Waals surface area contributed by atoms with Crippen LogP contribution in [0.5, 0.6) is 0 Å². The Morgan fingerprint density at radius 1 is 1.23 bits per heavy atom. The molecule has 0 saturated heterocycles. The molecular weight excluding hydrogens is 183 g/mol. The minimum Gasteiger partial charge on any atom is -0.379 e. The van der Waals surface area contributed by atoms with Crippen LogP contribution in [0.2, 0.25) is 0 Å². The lowest BCUT2D eigenvalue weighted by atomic mass is 10.1. The Morgan fingerprint density at radius 2 is 1.77 bits per heavy atom. The first-order valence-corrected chi connectivity index (χ1v) is 4.09. The highest BCUT2D eigenvalue weighted by Gasteiger charge is 2.26. The van der Waals surface area contributed by atoms with Crippen molar-refractivity contribution in [1.82, 2.24) is 5.32 Å². The fourth-order valence-electron chi connectivity index (χ4n) is 0.722. The van der Waals surface area contributed by atoms with Gasteiger partial charge in [-0.25, -0.2) is 0 Å². The third-order valence-electron chi connectivity index (χ3n) is 1.78. The molecule has 0 unspecified atom stereocenters. The fraction of sp³-hybridized carbons (Fsp3) is 1.00. The van der Waals surface area contributed by atoms with Crippen LogP contribution in [0.15, 0.2) is 0 Å². The molecule has 0 aliphatic rings. The molecular formula is C8H16F3NO. The molecule has 0 aliphatic carbocycles. The van der Waals surface area contributed by atoms with Crippen molar-refractivity contribution < 1.29 is 17.9 Å². The van der Waals surface area contributed by atoms with Crippen LogP contribution in [-0.2, 0) is 4.74 Å². The van der Waals surface area contributed by atoms with E-state index in [9.17, 15) is 13.2 Å². The van der Waals surface area contributed by atoms with Crippen molar-refractivity contribution in [1.29, 1.82) is 0 Å². The number of hydrogen-bond donors (Lipinski definition) is 1. The van der Waals surface area contributed by atoms with Crippen LogP contribution in [0.3, 0.4) is 0 Å². The van der Waals surface area contributed by atoms with Gasteiger partial charge in [0.1, 0.15) is 0 Å². The molecule has 0 aliphatic heterocycles. The van der Waals surface area contributed by atoms with Gasteiger partial charge in [-0.2, -0.15) is 13.2 Å². The molecule has 0 aromatic carbocycles. The maximum atomic E-state index is 11.7. The second-order valence-corrected chi connectivity index (χ2v) is 3.51. The molecule has 0 aromatic heterocycles. The smallest absolute Gasteiger partial charge is 0.379 e. The number of halogens is 3. The zero-order chi connectivity index (χ0) is 10.5. The van der Waals surface area contributed by atoms with E-state index in [1.54, 1.807) is 7.11 Å². The Kier molecular flexibility index (Phi) is 4.70. The Bertz CT molecular complexity index is 145. The summed E-state index contributed by atoms with van der Waals surface area (Å²) >= 11 is 0. The first-order chi connectivity index (χ1) is 5.77. The normalized spacial score (nSPS) is 13.4. The van der Waals surface area contributed by atoms with E-state index in [4.69, 9.17) is 4.74 Å². The van der Waals surface area contributed by atoms with Gasteiger partial charge in [0.25, 0.3) is 0 Å². The van der Waals surface area contributed by atoms with E-state index in [1.165, 1.54) is 0 Å². The minimum absolute atomic E-state index is 0.306. The van der Waals surface area contributed by atoms with Crippen LogP contribution < -0.4 is 5.32 Å². The van der Waals surface area contributed by atoms with E-state index in [2.05, 4.69) is 5.32 Å². The molecule has 0 fully saturated rings. The third kappa shape index (κ3) is 8.05. The number of hydrogen-bond acceptors (Lipinski definition) is 2. The van der Waals surface area contributed by atoms with Crippen LogP contribution in [0, 0.1) is 0 Å². The predicted molar refractivity (Wildman–Crippen MR) is 44.6 cm³/mol. The summed E-state index contributed by atoms with van der Waals surface area (Å²) in [6.07, 6.45) is -3.57. The number of nitrogens with one attached hydrogen (secondary N) is 1. The molecule has 0 saturated carbocycles. The van der Waals surface area contributed by atoms with Gasteiger partial charge in [0.2, 0.25) is 0 Å². The van der Waals surface area contributed by atoms with E-state index in [0.29, 0.717) is 13.0 Å².